The molecule has 0 radical (unpaired) electrons. The van der Waals surface area contributed by atoms with Crippen molar-refractivity contribution in [3.8, 4) is 5.75 Å². The predicted octanol–water partition coefficient (Wildman–Crippen LogP) is 3.54. The van der Waals surface area contributed by atoms with Crippen LogP contribution in [0.4, 0.5) is 10.1 Å². The van der Waals surface area contributed by atoms with Gasteiger partial charge in [-0.2, -0.15) is 0 Å². The van der Waals surface area contributed by atoms with Gasteiger partial charge >= 0.3 is 0 Å². The Morgan fingerprint density at radius 3 is 2.40 bits per heavy atom. The third-order valence-corrected chi connectivity index (χ3v) is 2.75. The molecule has 0 fully saturated rings. The average molecular weight is 273 g/mol. The molecule has 3 nitrogen and oxygen atoms in total. The van der Waals surface area contributed by atoms with E-state index < -0.39 is 0 Å². The monoisotopic (exact) mass is 273 g/mol. The lowest BCUT2D eigenvalue weighted by atomic mass is 10.2. The summed E-state index contributed by atoms with van der Waals surface area (Å²) in [6.45, 7) is 2.24. The number of aryl methyl sites for hydroxylation is 1. The second kappa shape index (κ2) is 6.70. The lowest BCUT2D eigenvalue weighted by molar-refractivity contribution is -0.116. The summed E-state index contributed by atoms with van der Waals surface area (Å²) in [5.74, 6) is 0.125. The quantitative estimate of drug-likeness (QED) is 0.904. The Morgan fingerprint density at radius 1 is 1.10 bits per heavy atom. The molecule has 0 aliphatic carbocycles. The van der Waals surface area contributed by atoms with Gasteiger partial charge < -0.3 is 10.1 Å². The third kappa shape index (κ3) is 4.39. The van der Waals surface area contributed by atoms with Gasteiger partial charge in [0.1, 0.15) is 11.6 Å². The standard InChI is InChI=1S/C16H16FNO2/c1-12-2-6-14(7-3-12)18-16(19)10-11-20-15-8-4-13(17)5-9-15/h2-9H,10-11H2,1H3,(H,18,19). The van der Waals surface area contributed by atoms with Gasteiger partial charge in [0.25, 0.3) is 0 Å². The molecule has 1 amide bonds. The van der Waals surface area contributed by atoms with Crippen molar-refractivity contribution < 1.29 is 13.9 Å². The minimum Gasteiger partial charge on any atom is -0.493 e. The summed E-state index contributed by atoms with van der Waals surface area (Å²) in [4.78, 5) is 11.7. The normalized spacial score (nSPS) is 10.1. The number of amides is 1. The van der Waals surface area contributed by atoms with Gasteiger partial charge in [-0.15, -0.1) is 0 Å². The van der Waals surface area contributed by atoms with Gasteiger partial charge in [0.05, 0.1) is 13.0 Å². The zero-order valence-electron chi connectivity index (χ0n) is 11.2. The number of rotatable bonds is 5. The van der Waals surface area contributed by atoms with Crippen molar-refractivity contribution in [2.24, 2.45) is 0 Å². The molecule has 20 heavy (non-hydrogen) atoms. The van der Waals surface area contributed by atoms with Gasteiger partial charge in [-0.1, -0.05) is 17.7 Å². The minimum absolute atomic E-state index is 0.115. The highest BCUT2D eigenvalue weighted by molar-refractivity contribution is 5.90. The van der Waals surface area contributed by atoms with Crippen molar-refractivity contribution in [3.05, 3.63) is 59.9 Å². The molecule has 1 N–H and O–H groups in total. The van der Waals surface area contributed by atoms with Gasteiger partial charge in [0.15, 0.2) is 0 Å². The van der Waals surface area contributed by atoms with E-state index in [-0.39, 0.29) is 24.8 Å². The Morgan fingerprint density at radius 2 is 1.75 bits per heavy atom. The van der Waals surface area contributed by atoms with Crippen LogP contribution >= 0.6 is 0 Å². The highest BCUT2D eigenvalue weighted by Gasteiger charge is 2.03. The van der Waals surface area contributed by atoms with Gasteiger partial charge in [0.2, 0.25) is 5.91 Å². The van der Waals surface area contributed by atoms with Crippen LogP contribution in [0.25, 0.3) is 0 Å². The van der Waals surface area contributed by atoms with E-state index in [0.717, 1.165) is 11.3 Å². The Hall–Kier alpha value is -2.36. The topological polar surface area (TPSA) is 38.3 Å². The zero-order valence-corrected chi connectivity index (χ0v) is 11.2. The van der Waals surface area contributed by atoms with Gasteiger partial charge in [-0.05, 0) is 43.3 Å². The maximum atomic E-state index is 12.7. The maximum Gasteiger partial charge on any atom is 0.227 e. The lowest BCUT2D eigenvalue weighted by Crippen LogP contribution is -2.15. The Balaban J connectivity index is 1.75. The van der Waals surface area contributed by atoms with E-state index in [4.69, 9.17) is 4.74 Å². The van der Waals surface area contributed by atoms with Crippen LogP contribution in [0, 0.1) is 12.7 Å². The van der Waals surface area contributed by atoms with Crippen LogP contribution in [0.2, 0.25) is 0 Å². The molecule has 0 bridgehead atoms. The van der Waals surface area contributed by atoms with Crippen LogP contribution in [0.3, 0.4) is 0 Å². The molecule has 2 aromatic rings. The second-order valence-electron chi connectivity index (χ2n) is 4.47. The summed E-state index contributed by atoms with van der Waals surface area (Å²) in [6.07, 6.45) is 0.241. The molecule has 104 valence electrons. The van der Waals surface area contributed by atoms with Crippen LogP contribution in [-0.4, -0.2) is 12.5 Å². The van der Waals surface area contributed by atoms with Gasteiger partial charge in [-0.3, -0.25) is 4.79 Å². The molecule has 0 heterocycles. The number of hydrogen-bond acceptors (Lipinski definition) is 2. The van der Waals surface area contributed by atoms with Crippen LogP contribution in [-0.2, 0) is 4.79 Å². The van der Waals surface area contributed by atoms with E-state index >= 15 is 0 Å². The molecule has 0 aliphatic heterocycles. The highest BCUT2D eigenvalue weighted by Crippen LogP contribution is 2.12. The first-order chi connectivity index (χ1) is 9.63. The lowest BCUT2D eigenvalue weighted by Gasteiger charge is -2.07. The number of ether oxygens (including phenoxy) is 1. The Labute approximate surface area is 117 Å². The molecule has 0 unspecified atom stereocenters. The SMILES string of the molecule is Cc1ccc(NC(=O)CCOc2ccc(F)cc2)cc1. The zero-order chi connectivity index (χ0) is 14.4. The van der Waals surface area contributed by atoms with Crippen LogP contribution < -0.4 is 10.1 Å². The van der Waals surface area contributed by atoms with Crippen molar-refractivity contribution in [2.45, 2.75) is 13.3 Å². The fourth-order valence-corrected chi connectivity index (χ4v) is 1.65. The molecular formula is C16H16FNO2. The summed E-state index contributed by atoms with van der Waals surface area (Å²) in [7, 11) is 0. The van der Waals surface area contributed by atoms with E-state index in [0.29, 0.717) is 5.75 Å². The fourth-order valence-electron chi connectivity index (χ4n) is 1.65. The number of benzene rings is 2. The number of halogens is 1. The smallest absolute Gasteiger partial charge is 0.227 e. The molecule has 4 heteroatoms. The summed E-state index contributed by atoms with van der Waals surface area (Å²) in [6, 6.07) is 13.3. The summed E-state index contributed by atoms with van der Waals surface area (Å²) in [5.41, 5.74) is 1.91. The van der Waals surface area contributed by atoms with Crippen molar-refractivity contribution in [1.29, 1.82) is 0 Å². The number of anilines is 1. The highest BCUT2D eigenvalue weighted by atomic mass is 19.1. The molecule has 0 atom stereocenters. The van der Waals surface area contributed by atoms with Crippen molar-refractivity contribution in [1.82, 2.24) is 0 Å². The third-order valence-electron chi connectivity index (χ3n) is 2.75. The number of nitrogens with one attached hydrogen (secondary N) is 1. The summed E-state index contributed by atoms with van der Waals surface area (Å²) in [5, 5.41) is 2.79. The van der Waals surface area contributed by atoms with E-state index in [9.17, 15) is 9.18 Å². The van der Waals surface area contributed by atoms with E-state index in [1.807, 2.05) is 31.2 Å². The molecule has 0 saturated carbocycles. The summed E-state index contributed by atoms with van der Waals surface area (Å²) < 4.78 is 18.0. The first-order valence-corrected chi connectivity index (χ1v) is 6.38. The van der Waals surface area contributed by atoms with Crippen molar-refractivity contribution in [3.63, 3.8) is 0 Å². The first kappa shape index (κ1) is 14.1. The average Bonchev–Trinajstić information content (AvgIpc) is 2.44. The van der Waals surface area contributed by atoms with E-state index in [1.54, 1.807) is 0 Å². The second-order valence-corrected chi connectivity index (χ2v) is 4.47. The largest absolute Gasteiger partial charge is 0.493 e. The maximum absolute atomic E-state index is 12.7. The molecule has 0 spiro atoms. The number of hydrogen-bond donors (Lipinski definition) is 1. The Bertz CT molecular complexity index is 564. The number of carbonyl (C=O) groups excluding carboxylic acids is 1. The van der Waals surface area contributed by atoms with E-state index in [2.05, 4.69) is 5.32 Å². The molecule has 0 aliphatic rings. The predicted molar refractivity (Wildman–Crippen MR) is 76.3 cm³/mol. The molecule has 0 saturated heterocycles. The van der Waals surface area contributed by atoms with Crippen LogP contribution in [0.5, 0.6) is 5.75 Å². The van der Waals surface area contributed by atoms with Crippen LogP contribution in [0.1, 0.15) is 12.0 Å². The van der Waals surface area contributed by atoms with Gasteiger partial charge in [0, 0.05) is 5.69 Å². The molecule has 0 aromatic heterocycles. The minimum atomic E-state index is -0.311. The van der Waals surface area contributed by atoms with Crippen molar-refractivity contribution >= 4 is 11.6 Å². The number of carbonyl (C=O) groups is 1. The fraction of sp³-hybridized carbons (Fsp3) is 0.188. The van der Waals surface area contributed by atoms with E-state index in [1.165, 1.54) is 24.3 Å². The first-order valence-electron chi connectivity index (χ1n) is 6.38. The Kier molecular flexibility index (Phi) is 4.71. The molecular weight excluding hydrogens is 257 g/mol. The van der Waals surface area contributed by atoms with Crippen molar-refractivity contribution in [2.75, 3.05) is 11.9 Å². The molecule has 2 rings (SSSR count). The molecule has 2 aromatic carbocycles. The van der Waals surface area contributed by atoms with Crippen LogP contribution in [0.15, 0.2) is 48.5 Å². The van der Waals surface area contributed by atoms with Gasteiger partial charge in [-0.25, -0.2) is 4.39 Å². The summed E-state index contributed by atoms with van der Waals surface area (Å²) >= 11 is 0.